The zero-order valence-electron chi connectivity index (χ0n) is 16.5. The standard InChI is InChI=1S/C24H21N3O3/c1-29-19-9-5-4-8-17(19)20-18-11-10-15-6-2-3-7-16(15)22(18)30-24-21(20)23(25)27(12-13-28)14-26-24/h2-11,14,20,25,28H,12-13H2,1H3. The van der Waals surface area contributed by atoms with Crippen LogP contribution < -0.4 is 15.0 Å². The lowest BCUT2D eigenvalue weighted by molar-refractivity contribution is 0.271. The van der Waals surface area contributed by atoms with Crippen molar-refractivity contribution in [2.24, 2.45) is 0 Å². The van der Waals surface area contributed by atoms with E-state index in [9.17, 15) is 5.11 Å². The molecule has 6 nitrogen and oxygen atoms in total. The third-order valence-corrected chi connectivity index (χ3v) is 5.59. The highest BCUT2D eigenvalue weighted by atomic mass is 16.5. The van der Waals surface area contributed by atoms with Gasteiger partial charge in [0.25, 0.3) is 0 Å². The van der Waals surface area contributed by atoms with Crippen molar-refractivity contribution >= 4 is 10.8 Å². The highest BCUT2D eigenvalue weighted by Crippen LogP contribution is 2.49. The molecule has 1 aliphatic heterocycles. The van der Waals surface area contributed by atoms with Crippen molar-refractivity contribution in [2.45, 2.75) is 12.5 Å². The van der Waals surface area contributed by atoms with E-state index < -0.39 is 0 Å². The summed E-state index contributed by atoms with van der Waals surface area (Å²) in [6.07, 6.45) is 1.55. The van der Waals surface area contributed by atoms with Crippen LogP contribution in [-0.2, 0) is 6.54 Å². The molecule has 5 rings (SSSR count). The molecule has 4 aromatic rings. The fourth-order valence-electron chi connectivity index (χ4n) is 4.21. The largest absolute Gasteiger partial charge is 0.496 e. The summed E-state index contributed by atoms with van der Waals surface area (Å²) in [6.45, 7) is 0.223. The number of rotatable bonds is 4. The molecule has 0 amide bonds. The summed E-state index contributed by atoms with van der Waals surface area (Å²) in [5.74, 6) is 1.62. The fraction of sp³-hybridized carbons (Fsp3) is 0.167. The van der Waals surface area contributed by atoms with Gasteiger partial charge in [0.15, 0.2) is 0 Å². The molecule has 1 atom stereocenters. The Morgan fingerprint density at radius 3 is 2.70 bits per heavy atom. The minimum absolute atomic E-state index is 0.0710. The molecule has 2 N–H and O–H groups in total. The van der Waals surface area contributed by atoms with Crippen LogP contribution in [0.1, 0.15) is 22.6 Å². The van der Waals surface area contributed by atoms with Crippen LogP contribution >= 0.6 is 0 Å². The van der Waals surface area contributed by atoms with Crippen LogP contribution in [0.4, 0.5) is 0 Å². The Morgan fingerprint density at radius 1 is 1.07 bits per heavy atom. The Bertz CT molecular complexity index is 1310. The third-order valence-electron chi connectivity index (χ3n) is 5.59. The zero-order chi connectivity index (χ0) is 20.7. The monoisotopic (exact) mass is 399 g/mol. The highest BCUT2D eigenvalue weighted by molar-refractivity contribution is 5.91. The topological polar surface area (TPSA) is 80.4 Å². The minimum atomic E-state index is -0.282. The number of hydrogen-bond acceptors (Lipinski definition) is 5. The van der Waals surface area contributed by atoms with E-state index in [1.54, 1.807) is 18.0 Å². The van der Waals surface area contributed by atoms with Gasteiger partial charge in [0.05, 0.1) is 25.2 Å². The third kappa shape index (κ3) is 2.76. The number of aliphatic hydroxyl groups excluding tert-OH is 1. The molecule has 0 radical (unpaired) electrons. The minimum Gasteiger partial charge on any atom is -0.496 e. The summed E-state index contributed by atoms with van der Waals surface area (Å²) >= 11 is 0. The summed E-state index contributed by atoms with van der Waals surface area (Å²) in [5, 5.41) is 20.3. The number of aromatic nitrogens is 2. The Balaban J connectivity index is 1.85. The van der Waals surface area contributed by atoms with Crippen molar-refractivity contribution in [3.63, 3.8) is 0 Å². The predicted molar refractivity (Wildman–Crippen MR) is 113 cm³/mol. The normalized spacial score (nSPS) is 14.7. The zero-order valence-corrected chi connectivity index (χ0v) is 16.5. The Hall–Kier alpha value is -3.64. The van der Waals surface area contributed by atoms with Gasteiger partial charge in [0.2, 0.25) is 5.88 Å². The Morgan fingerprint density at radius 2 is 1.87 bits per heavy atom. The lowest BCUT2D eigenvalue weighted by Crippen LogP contribution is -2.30. The number of aliphatic hydroxyl groups is 1. The lowest BCUT2D eigenvalue weighted by Gasteiger charge is -2.30. The predicted octanol–water partition coefficient (Wildman–Crippen LogP) is 3.80. The molecule has 0 saturated heterocycles. The van der Waals surface area contributed by atoms with Gasteiger partial charge < -0.3 is 19.1 Å². The van der Waals surface area contributed by atoms with E-state index in [-0.39, 0.29) is 18.0 Å². The van der Waals surface area contributed by atoms with Gasteiger partial charge >= 0.3 is 0 Å². The fourth-order valence-corrected chi connectivity index (χ4v) is 4.21. The molecule has 2 heterocycles. The van der Waals surface area contributed by atoms with Gasteiger partial charge in [-0.05, 0) is 11.5 Å². The molecule has 3 aromatic carbocycles. The van der Waals surface area contributed by atoms with Gasteiger partial charge in [-0.15, -0.1) is 0 Å². The number of ether oxygens (including phenoxy) is 2. The van der Waals surface area contributed by atoms with E-state index in [4.69, 9.17) is 14.9 Å². The van der Waals surface area contributed by atoms with Crippen molar-refractivity contribution in [3.05, 3.63) is 89.2 Å². The Labute approximate surface area is 173 Å². The van der Waals surface area contributed by atoms with Gasteiger partial charge in [0, 0.05) is 23.1 Å². The highest BCUT2D eigenvalue weighted by Gasteiger charge is 2.34. The summed E-state index contributed by atoms with van der Waals surface area (Å²) in [4.78, 5) is 4.50. The second-order valence-corrected chi connectivity index (χ2v) is 7.21. The number of nitrogens with zero attached hydrogens (tertiary/aromatic N) is 2. The molecule has 1 aliphatic rings. The molecular formula is C24H21N3O3. The van der Waals surface area contributed by atoms with Gasteiger partial charge in [0.1, 0.15) is 23.3 Å². The van der Waals surface area contributed by atoms with Gasteiger partial charge in [-0.25, -0.2) is 4.98 Å². The molecule has 30 heavy (non-hydrogen) atoms. The van der Waals surface area contributed by atoms with Gasteiger partial charge in [-0.2, -0.15) is 0 Å². The second-order valence-electron chi connectivity index (χ2n) is 7.21. The number of methoxy groups -OCH3 is 1. The van der Waals surface area contributed by atoms with Crippen LogP contribution in [0.25, 0.3) is 10.8 Å². The first kappa shape index (κ1) is 18.4. The summed E-state index contributed by atoms with van der Waals surface area (Å²) in [7, 11) is 1.65. The van der Waals surface area contributed by atoms with Gasteiger partial charge in [-0.3, -0.25) is 5.41 Å². The maximum Gasteiger partial charge on any atom is 0.228 e. The second kappa shape index (κ2) is 7.31. The molecule has 0 aliphatic carbocycles. The SMILES string of the molecule is COc1ccccc1C1c2ccc3ccccc3c2Oc2ncn(CCO)c(=N)c21. The maximum atomic E-state index is 9.41. The van der Waals surface area contributed by atoms with E-state index in [0.717, 1.165) is 33.4 Å². The summed E-state index contributed by atoms with van der Waals surface area (Å²) in [6, 6.07) is 20.0. The molecule has 6 heteroatoms. The molecule has 0 saturated carbocycles. The van der Waals surface area contributed by atoms with E-state index >= 15 is 0 Å². The molecule has 150 valence electrons. The number of nitrogens with one attached hydrogen (secondary N) is 1. The van der Waals surface area contributed by atoms with Crippen LogP contribution in [0.15, 0.2) is 67.0 Å². The maximum absolute atomic E-state index is 9.41. The van der Waals surface area contributed by atoms with E-state index in [2.05, 4.69) is 23.2 Å². The number of fused-ring (bicyclic) bond motifs is 4. The molecule has 0 spiro atoms. The van der Waals surface area contributed by atoms with Crippen LogP contribution in [0.5, 0.6) is 17.4 Å². The molecular weight excluding hydrogens is 378 g/mol. The lowest BCUT2D eigenvalue weighted by atomic mass is 9.82. The van der Waals surface area contributed by atoms with Crippen LogP contribution in [0.2, 0.25) is 0 Å². The number of benzene rings is 3. The smallest absolute Gasteiger partial charge is 0.228 e. The first-order valence-electron chi connectivity index (χ1n) is 9.80. The van der Waals surface area contributed by atoms with Crippen molar-refractivity contribution in [3.8, 4) is 17.4 Å². The van der Waals surface area contributed by atoms with Crippen LogP contribution in [0, 0.1) is 5.41 Å². The average molecular weight is 399 g/mol. The van der Waals surface area contributed by atoms with E-state index in [0.29, 0.717) is 18.0 Å². The first-order valence-corrected chi connectivity index (χ1v) is 9.80. The number of para-hydroxylation sites is 1. The van der Waals surface area contributed by atoms with E-state index in [1.165, 1.54) is 0 Å². The molecule has 1 unspecified atom stereocenters. The molecule has 0 fully saturated rings. The average Bonchev–Trinajstić information content (AvgIpc) is 2.79. The van der Waals surface area contributed by atoms with Crippen molar-refractivity contribution in [2.75, 3.05) is 13.7 Å². The molecule has 0 bridgehead atoms. The summed E-state index contributed by atoms with van der Waals surface area (Å²) < 4.78 is 13.6. The van der Waals surface area contributed by atoms with Crippen molar-refractivity contribution in [1.29, 1.82) is 5.41 Å². The first-order chi connectivity index (χ1) is 14.7. The van der Waals surface area contributed by atoms with Gasteiger partial charge in [-0.1, -0.05) is 54.6 Å². The van der Waals surface area contributed by atoms with Crippen LogP contribution in [-0.4, -0.2) is 28.4 Å². The van der Waals surface area contributed by atoms with Crippen LogP contribution in [0.3, 0.4) is 0 Å². The van der Waals surface area contributed by atoms with Crippen molar-refractivity contribution < 1.29 is 14.6 Å². The quantitative estimate of drug-likeness (QED) is 0.482. The molecule has 1 aromatic heterocycles. The summed E-state index contributed by atoms with van der Waals surface area (Å²) in [5.41, 5.74) is 2.84. The number of hydrogen-bond donors (Lipinski definition) is 2. The Kier molecular flexibility index (Phi) is 4.48. The van der Waals surface area contributed by atoms with Crippen molar-refractivity contribution in [1.82, 2.24) is 9.55 Å². The van der Waals surface area contributed by atoms with E-state index in [1.807, 2.05) is 42.5 Å².